The monoisotopic (exact) mass is 395 g/mol. The van der Waals surface area contributed by atoms with Gasteiger partial charge in [-0.15, -0.1) is 0 Å². The second-order valence-electron chi connectivity index (χ2n) is 6.26. The predicted octanol–water partition coefficient (Wildman–Crippen LogP) is 4.33. The lowest BCUT2D eigenvalue weighted by atomic mass is 10.1. The van der Waals surface area contributed by atoms with Crippen LogP contribution in [0.25, 0.3) is 0 Å². The van der Waals surface area contributed by atoms with Crippen LogP contribution in [0.5, 0.6) is 5.75 Å². The summed E-state index contributed by atoms with van der Waals surface area (Å²) in [7, 11) is 1.64. The first-order valence-corrected chi connectivity index (χ1v) is 9.37. The molecule has 0 fully saturated rings. The minimum absolute atomic E-state index is 0.156. The quantitative estimate of drug-likeness (QED) is 0.596. The van der Waals surface area contributed by atoms with Crippen molar-refractivity contribution in [2.75, 3.05) is 19.0 Å². The Kier molecular flexibility index (Phi) is 6.87. The number of benzene rings is 2. The highest BCUT2D eigenvalue weighted by Gasteiger charge is 2.07. The highest BCUT2D eigenvalue weighted by atomic mass is 35.5. The molecule has 0 saturated carbocycles. The number of nitrogens with zero attached hydrogens (tertiary/aromatic N) is 1. The second-order valence-corrected chi connectivity index (χ2v) is 6.67. The van der Waals surface area contributed by atoms with Gasteiger partial charge in [-0.2, -0.15) is 0 Å². The fraction of sp³-hybridized carbons (Fsp3) is 0.182. The van der Waals surface area contributed by atoms with Gasteiger partial charge in [0.1, 0.15) is 5.75 Å². The third kappa shape index (κ3) is 5.47. The van der Waals surface area contributed by atoms with Crippen LogP contribution in [0, 0.1) is 0 Å². The standard InChI is InChI=1S/C22H22ClN3O2/c1-28-20-7-4-5-16(11-20)9-10-25-22(27)18-12-19(15-24-13-18)26-14-17-6-2-3-8-21(17)23/h2-8,11-13,15,26H,9-10,14H2,1H3,(H,25,27). The molecule has 28 heavy (non-hydrogen) atoms. The number of amides is 1. The summed E-state index contributed by atoms with van der Waals surface area (Å²) in [4.78, 5) is 16.6. The molecule has 144 valence electrons. The number of carbonyl (C=O) groups is 1. The van der Waals surface area contributed by atoms with Gasteiger partial charge in [-0.1, -0.05) is 41.9 Å². The van der Waals surface area contributed by atoms with Crippen molar-refractivity contribution >= 4 is 23.2 Å². The Bertz CT molecular complexity index is 946. The first-order chi connectivity index (χ1) is 13.7. The summed E-state index contributed by atoms with van der Waals surface area (Å²) >= 11 is 6.17. The van der Waals surface area contributed by atoms with E-state index >= 15 is 0 Å². The van der Waals surface area contributed by atoms with Gasteiger partial charge in [-0.05, 0) is 41.8 Å². The average molecular weight is 396 g/mol. The summed E-state index contributed by atoms with van der Waals surface area (Å²) in [5.41, 5.74) is 3.36. The van der Waals surface area contributed by atoms with Crippen molar-refractivity contribution in [3.05, 3.63) is 88.7 Å². The molecule has 5 nitrogen and oxygen atoms in total. The number of nitrogens with one attached hydrogen (secondary N) is 2. The van der Waals surface area contributed by atoms with E-state index in [2.05, 4.69) is 15.6 Å². The van der Waals surface area contributed by atoms with Crippen LogP contribution in [0.4, 0.5) is 5.69 Å². The largest absolute Gasteiger partial charge is 0.497 e. The van der Waals surface area contributed by atoms with E-state index in [9.17, 15) is 4.79 Å². The van der Waals surface area contributed by atoms with E-state index in [1.807, 2.05) is 48.5 Å². The smallest absolute Gasteiger partial charge is 0.252 e. The van der Waals surface area contributed by atoms with Gasteiger partial charge in [0.2, 0.25) is 0 Å². The molecule has 2 aromatic carbocycles. The fourth-order valence-electron chi connectivity index (χ4n) is 2.75. The summed E-state index contributed by atoms with van der Waals surface area (Å²) in [6.07, 6.45) is 3.96. The summed E-state index contributed by atoms with van der Waals surface area (Å²) in [5, 5.41) is 6.88. The van der Waals surface area contributed by atoms with E-state index < -0.39 is 0 Å². The number of rotatable bonds is 8. The van der Waals surface area contributed by atoms with Crippen LogP contribution in [-0.4, -0.2) is 24.5 Å². The van der Waals surface area contributed by atoms with E-state index in [4.69, 9.17) is 16.3 Å². The molecule has 3 aromatic rings. The molecule has 0 radical (unpaired) electrons. The van der Waals surface area contributed by atoms with Gasteiger partial charge < -0.3 is 15.4 Å². The van der Waals surface area contributed by atoms with Crippen LogP contribution in [0.2, 0.25) is 5.02 Å². The van der Waals surface area contributed by atoms with Crippen LogP contribution in [-0.2, 0) is 13.0 Å². The van der Waals surface area contributed by atoms with E-state index in [0.29, 0.717) is 23.7 Å². The molecule has 2 N–H and O–H groups in total. The minimum atomic E-state index is -0.156. The molecule has 0 spiro atoms. The lowest BCUT2D eigenvalue weighted by molar-refractivity contribution is 0.0954. The van der Waals surface area contributed by atoms with Gasteiger partial charge in [0.05, 0.1) is 18.4 Å². The van der Waals surface area contributed by atoms with Crippen molar-refractivity contribution in [1.29, 1.82) is 0 Å². The van der Waals surface area contributed by atoms with Crippen molar-refractivity contribution in [3.63, 3.8) is 0 Å². The highest BCUT2D eigenvalue weighted by Crippen LogP contribution is 2.17. The molecule has 6 heteroatoms. The number of halogens is 1. The molecular formula is C22H22ClN3O2. The molecule has 0 atom stereocenters. The number of anilines is 1. The summed E-state index contributed by atoms with van der Waals surface area (Å²) in [6, 6.07) is 17.2. The maximum Gasteiger partial charge on any atom is 0.252 e. The zero-order chi connectivity index (χ0) is 19.8. The van der Waals surface area contributed by atoms with Gasteiger partial charge >= 0.3 is 0 Å². The van der Waals surface area contributed by atoms with Crippen LogP contribution in [0.1, 0.15) is 21.5 Å². The predicted molar refractivity (Wildman–Crippen MR) is 112 cm³/mol. The molecule has 0 aliphatic heterocycles. The number of aromatic nitrogens is 1. The van der Waals surface area contributed by atoms with Crippen LogP contribution in [0.3, 0.4) is 0 Å². The van der Waals surface area contributed by atoms with Gasteiger partial charge in [0.25, 0.3) is 5.91 Å². The maximum absolute atomic E-state index is 12.4. The molecule has 0 aliphatic carbocycles. The highest BCUT2D eigenvalue weighted by molar-refractivity contribution is 6.31. The number of carbonyl (C=O) groups excluding carboxylic acids is 1. The molecule has 0 aliphatic rings. The average Bonchev–Trinajstić information content (AvgIpc) is 2.73. The topological polar surface area (TPSA) is 63.2 Å². The van der Waals surface area contributed by atoms with Gasteiger partial charge in [-0.3, -0.25) is 9.78 Å². The van der Waals surface area contributed by atoms with Gasteiger partial charge in [0, 0.05) is 30.5 Å². The van der Waals surface area contributed by atoms with E-state index in [1.165, 1.54) is 0 Å². The number of methoxy groups -OCH3 is 1. The Hall–Kier alpha value is -3.05. The Morgan fingerprint density at radius 2 is 1.96 bits per heavy atom. The zero-order valence-corrected chi connectivity index (χ0v) is 16.4. The number of hydrogen-bond donors (Lipinski definition) is 2. The first kappa shape index (κ1) is 19.7. The number of pyridine rings is 1. The van der Waals surface area contributed by atoms with E-state index in [-0.39, 0.29) is 5.91 Å². The maximum atomic E-state index is 12.4. The van der Waals surface area contributed by atoms with Crippen molar-refractivity contribution in [1.82, 2.24) is 10.3 Å². The molecule has 1 heterocycles. The minimum Gasteiger partial charge on any atom is -0.497 e. The molecule has 1 aromatic heterocycles. The Labute approximate surface area is 169 Å². The summed E-state index contributed by atoms with van der Waals surface area (Å²) in [5.74, 6) is 0.655. The van der Waals surface area contributed by atoms with Crippen molar-refractivity contribution < 1.29 is 9.53 Å². The van der Waals surface area contributed by atoms with Crippen molar-refractivity contribution in [3.8, 4) is 5.75 Å². The summed E-state index contributed by atoms with van der Waals surface area (Å²) in [6.45, 7) is 1.09. The number of ether oxygens (including phenoxy) is 1. The Balaban J connectivity index is 1.54. The van der Waals surface area contributed by atoms with Crippen LogP contribution < -0.4 is 15.4 Å². The van der Waals surface area contributed by atoms with Crippen molar-refractivity contribution in [2.24, 2.45) is 0 Å². The Morgan fingerprint density at radius 1 is 1.11 bits per heavy atom. The van der Waals surface area contributed by atoms with Crippen LogP contribution >= 0.6 is 11.6 Å². The third-order valence-corrected chi connectivity index (χ3v) is 4.64. The lowest BCUT2D eigenvalue weighted by Crippen LogP contribution is -2.25. The Morgan fingerprint density at radius 3 is 2.79 bits per heavy atom. The summed E-state index contributed by atoms with van der Waals surface area (Å²) < 4.78 is 5.22. The van der Waals surface area contributed by atoms with Crippen LogP contribution in [0.15, 0.2) is 67.0 Å². The number of hydrogen-bond acceptors (Lipinski definition) is 4. The molecule has 0 unspecified atom stereocenters. The zero-order valence-electron chi connectivity index (χ0n) is 15.6. The van der Waals surface area contributed by atoms with Gasteiger partial charge in [0.15, 0.2) is 0 Å². The third-order valence-electron chi connectivity index (χ3n) is 4.27. The lowest BCUT2D eigenvalue weighted by Gasteiger charge is -2.10. The molecular weight excluding hydrogens is 374 g/mol. The fourth-order valence-corrected chi connectivity index (χ4v) is 2.95. The first-order valence-electron chi connectivity index (χ1n) is 8.99. The molecule has 1 amide bonds. The van der Waals surface area contributed by atoms with E-state index in [1.54, 1.807) is 25.6 Å². The molecule has 0 saturated heterocycles. The SMILES string of the molecule is COc1cccc(CCNC(=O)c2cncc(NCc3ccccc3Cl)c2)c1. The van der Waals surface area contributed by atoms with E-state index in [0.717, 1.165) is 29.0 Å². The van der Waals surface area contributed by atoms with Gasteiger partial charge in [-0.25, -0.2) is 0 Å². The second kappa shape index (κ2) is 9.76. The molecule has 3 rings (SSSR count). The van der Waals surface area contributed by atoms with Crippen molar-refractivity contribution in [2.45, 2.75) is 13.0 Å². The molecule has 0 bridgehead atoms. The normalized spacial score (nSPS) is 10.4.